The molecule has 0 amide bonds. The lowest BCUT2D eigenvalue weighted by molar-refractivity contribution is 0.553. The fraction of sp³-hybridized carbons (Fsp3) is 0.333. The Morgan fingerprint density at radius 3 is 2.47 bits per heavy atom. The molecular formula is C15H18BrN. The van der Waals surface area contributed by atoms with Crippen LogP contribution in [0.1, 0.15) is 19.4 Å². The lowest BCUT2D eigenvalue weighted by Crippen LogP contribution is -2.19. The third-order valence-electron chi connectivity index (χ3n) is 2.83. The number of hydrogen-bond donors (Lipinski definition) is 1. The van der Waals surface area contributed by atoms with E-state index in [4.69, 9.17) is 0 Å². The molecule has 17 heavy (non-hydrogen) atoms. The van der Waals surface area contributed by atoms with Crippen LogP contribution in [0.5, 0.6) is 0 Å². The van der Waals surface area contributed by atoms with Gasteiger partial charge in [-0.15, -0.1) is 0 Å². The monoisotopic (exact) mass is 291 g/mol. The Hall–Kier alpha value is -0.860. The van der Waals surface area contributed by atoms with E-state index in [1.54, 1.807) is 0 Å². The van der Waals surface area contributed by atoms with E-state index in [-0.39, 0.29) is 0 Å². The lowest BCUT2D eigenvalue weighted by atomic mass is 10.0. The average molecular weight is 292 g/mol. The molecular weight excluding hydrogens is 274 g/mol. The van der Waals surface area contributed by atoms with Gasteiger partial charge in [-0.2, -0.15) is 0 Å². The second-order valence-corrected chi connectivity index (χ2v) is 5.63. The molecule has 0 spiro atoms. The van der Waals surface area contributed by atoms with Crippen molar-refractivity contribution in [2.24, 2.45) is 5.92 Å². The van der Waals surface area contributed by atoms with Gasteiger partial charge in [-0.25, -0.2) is 0 Å². The molecule has 0 aromatic heterocycles. The highest BCUT2D eigenvalue weighted by Gasteiger charge is 2.03. The topological polar surface area (TPSA) is 12.0 Å². The molecule has 0 unspecified atom stereocenters. The van der Waals surface area contributed by atoms with E-state index >= 15 is 0 Å². The summed E-state index contributed by atoms with van der Waals surface area (Å²) in [6.45, 7) is 6.45. The van der Waals surface area contributed by atoms with E-state index in [9.17, 15) is 0 Å². The van der Waals surface area contributed by atoms with Gasteiger partial charge in [0.1, 0.15) is 0 Å². The van der Waals surface area contributed by atoms with Crippen LogP contribution in [0.15, 0.2) is 40.9 Å². The summed E-state index contributed by atoms with van der Waals surface area (Å²) < 4.78 is 1.17. The molecule has 1 N–H and O–H groups in total. The summed E-state index contributed by atoms with van der Waals surface area (Å²) in [6.07, 6.45) is 0. The van der Waals surface area contributed by atoms with Crippen LogP contribution in [0.25, 0.3) is 10.8 Å². The largest absolute Gasteiger partial charge is 0.312 e. The highest BCUT2D eigenvalue weighted by molar-refractivity contribution is 9.10. The Bertz CT molecular complexity index is 505. The molecule has 0 radical (unpaired) electrons. The van der Waals surface area contributed by atoms with Crippen LogP contribution in [0.4, 0.5) is 0 Å². The van der Waals surface area contributed by atoms with Gasteiger partial charge in [0, 0.05) is 11.0 Å². The molecule has 0 aliphatic carbocycles. The summed E-state index contributed by atoms with van der Waals surface area (Å²) in [5, 5.41) is 6.12. The van der Waals surface area contributed by atoms with Crippen LogP contribution in [0, 0.1) is 5.92 Å². The summed E-state index contributed by atoms with van der Waals surface area (Å²) >= 11 is 3.60. The van der Waals surface area contributed by atoms with Gasteiger partial charge in [0.2, 0.25) is 0 Å². The molecule has 0 aliphatic heterocycles. The first-order valence-corrected chi connectivity index (χ1v) is 6.84. The number of halogens is 1. The zero-order chi connectivity index (χ0) is 12.3. The first kappa shape index (κ1) is 12.6. The molecule has 0 heterocycles. The second kappa shape index (κ2) is 5.65. The van der Waals surface area contributed by atoms with Crippen LogP contribution >= 0.6 is 15.9 Å². The summed E-state index contributed by atoms with van der Waals surface area (Å²) in [5.74, 6) is 0.691. The Labute approximate surface area is 111 Å². The first-order chi connectivity index (χ1) is 8.18. The quantitative estimate of drug-likeness (QED) is 0.883. The second-order valence-electron chi connectivity index (χ2n) is 4.78. The zero-order valence-corrected chi connectivity index (χ0v) is 11.9. The van der Waals surface area contributed by atoms with Gasteiger partial charge in [0.15, 0.2) is 0 Å². The maximum Gasteiger partial charge on any atom is 0.0253 e. The van der Waals surface area contributed by atoms with E-state index in [2.05, 4.69) is 71.5 Å². The fourth-order valence-corrected chi connectivity index (χ4v) is 2.45. The number of rotatable bonds is 4. The molecule has 1 nitrogen and oxygen atoms in total. The Morgan fingerprint density at radius 2 is 1.76 bits per heavy atom. The van der Waals surface area contributed by atoms with Crippen molar-refractivity contribution < 1.29 is 0 Å². The van der Waals surface area contributed by atoms with Crippen molar-refractivity contribution in [2.75, 3.05) is 6.54 Å². The molecule has 2 aromatic rings. The maximum absolute atomic E-state index is 3.60. The first-order valence-electron chi connectivity index (χ1n) is 6.05. The van der Waals surface area contributed by atoms with Crippen molar-refractivity contribution in [3.63, 3.8) is 0 Å². The molecule has 0 aliphatic rings. The average Bonchev–Trinajstić information content (AvgIpc) is 2.32. The SMILES string of the molecule is CC(C)CNCc1ccc(Br)c2ccccc12. The fourth-order valence-electron chi connectivity index (χ4n) is 1.97. The van der Waals surface area contributed by atoms with Crippen molar-refractivity contribution in [3.8, 4) is 0 Å². The number of fused-ring (bicyclic) bond motifs is 1. The highest BCUT2D eigenvalue weighted by Crippen LogP contribution is 2.26. The minimum absolute atomic E-state index is 0.691. The van der Waals surface area contributed by atoms with Crippen LogP contribution in [-0.4, -0.2) is 6.54 Å². The van der Waals surface area contributed by atoms with Crippen molar-refractivity contribution in [2.45, 2.75) is 20.4 Å². The molecule has 90 valence electrons. The third kappa shape index (κ3) is 3.08. The van der Waals surface area contributed by atoms with E-state index < -0.39 is 0 Å². The van der Waals surface area contributed by atoms with Crippen molar-refractivity contribution >= 4 is 26.7 Å². The van der Waals surface area contributed by atoms with Crippen molar-refractivity contribution in [1.82, 2.24) is 5.32 Å². The summed E-state index contributed by atoms with van der Waals surface area (Å²) in [5.41, 5.74) is 1.37. The standard InChI is InChI=1S/C15H18BrN/c1-11(2)9-17-10-12-7-8-15(16)14-6-4-3-5-13(12)14/h3-8,11,17H,9-10H2,1-2H3. The van der Waals surface area contributed by atoms with Gasteiger partial charge in [0.25, 0.3) is 0 Å². The number of hydrogen-bond acceptors (Lipinski definition) is 1. The minimum Gasteiger partial charge on any atom is -0.312 e. The predicted octanol–water partition coefficient (Wildman–Crippen LogP) is 4.35. The summed E-state index contributed by atoms with van der Waals surface area (Å²) in [6, 6.07) is 12.9. The van der Waals surface area contributed by atoms with Crippen LogP contribution in [0.3, 0.4) is 0 Å². The normalized spacial score (nSPS) is 11.3. The molecule has 0 fully saturated rings. The predicted molar refractivity (Wildman–Crippen MR) is 78.2 cm³/mol. The zero-order valence-electron chi connectivity index (χ0n) is 10.3. The lowest BCUT2D eigenvalue weighted by Gasteiger charge is -2.11. The molecule has 0 bridgehead atoms. The van der Waals surface area contributed by atoms with Gasteiger partial charge >= 0.3 is 0 Å². The van der Waals surface area contributed by atoms with E-state index in [0.29, 0.717) is 5.92 Å². The third-order valence-corrected chi connectivity index (χ3v) is 3.52. The summed E-state index contributed by atoms with van der Waals surface area (Å²) in [7, 11) is 0. The Morgan fingerprint density at radius 1 is 1.06 bits per heavy atom. The smallest absolute Gasteiger partial charge is 0.0253 e. The van der Waals surface area contributed by atoms with Gasteiger partial charge in [0.05, 0.1) is 0 Å². The molecule has 2 heteroatoms. The van der Waals surface area contributed by atoms with Crippen LogP contribution in [-0.2, 0) is 6.54 Å². The van der Waals surface area contributed by atoms with Crippen LogP contribution < -0.4 is 5.32 Å². The van der Waals surface area contributed by atoms with Gasteiger partial charge in [-0.1, -0.05) is 60.1 Å². The number of benzene rings is 2. The number of nitrogens with one attached hydrogen (secondary N) is 1. The minimum atomic E-state index is 0.691. The summed E-state index contributed by atoms with van der Waals surface area (Å²) in [4.78, 5) is 0. The van der Waals surface area contributed by atoms with Crippen LogP contribution in [0.2, 0.25) is 0 Å². The van der Waals surface area contributed by atoms with Crippen molar-refractivity contribution in [3.05, 3.63) is 46.4 Å². The Kier molecular flexibility index (Phi) is 4.19. The van der Waals surface area contributed by atoms with Gasteiger partial charge < -0.3 is 5.32 Å². The van der Waals surface area contributed by atoms with Gasteiger partial charge in [-0.3, -0.25) is 0 Å². The van der Waals surface area contributed by atoms with Crippen molar-refractivity contribution in [1.29, 1.82) is 0 Å². The molecule has 0 saturated heterocycles. The molecule has 2 rings (SSSR count). The van der Waals surface area contributed by atoms with E-state index in [1.807, 2.05) is 0 Å². The molecule has 2 aromatic carbocycles. The Balaban J connectivity index is 2.26. The maximum atomic E-state index is 3.60. The molecule has 0 atom stereocenters. The van der Waals surface area contributed by atoms with E-state index in [0.717, 1.165) is 13.1 Å². The highest BCUT2D eigenvalue weighted by atomic mass is 79.9. The molecule has 0 saturated carbocycles. The van der Waals surface area contributed by atoms with Gasteiger partial charge in [-0.05, 0) is 34.9 Å². The van der Waals surface area contributed by atoms with E-state index in [1.165, 1.54) is 20.8 Å².